The average Bonchev–Trinajstić information content (AvgIpc) is 2.92. The molecule has 2 aromatic rings. The van der Waals surface area contributed by atoms with Crippen molar-refractivity contribution in [1.29, 1.82) is 0 Å². The number of amidine groups is 1. The number of phenols is 1. The van der Waals surface area contributed by atoms with Crippen molar-refractivity contribution in [3.63, 3.8) is 0 Å². The summed E-state index contributed by atoms with van der Waals surface area (Å²) in [7, 11) is 1.53. The zero-order valence-electron chi connectivity index (χ0n) is 15.3. The van der Waals surface area contributed by atoms with Crippen molar-refractivity contribution < 1.29 is 24.7 Å². The van der Waals surface area contributed by atoms with Gasteiger partial charge < -0.3 is 10.2 Å². The Balaban J connectivity index is 1.96. The van der Waals surface area contributed by atoms with Crippen molar-refractivity contribution in [3.05, 3.63) is 68.1 Å². The fourth-order valence-electron chi connectivity index (χ4n) is 2.55. The van der Waals surface area contributed by atoms with Crippen molar-refractivity contribution in [3.8, 4) is 5.75 Å². The van der Waals surface area contributed by atoms with Gasteiger partial charge in [-0.3, -0.25) is 19.8 Å². The van der Waals surface area contributed by atoms with Crippen LogP contribution in [0.3, 0.4) is 0 Å². The minimum atomic E-state index is -1.08. The molecule has 10 heteroatoms. The number of aliphatic imine (C=N–C) groups is 1. The number of nitro groups is 1. The summed E-state index contributed by atoms with van der Waals surface area (Å²) in [6.45, 7) is 1.78. The number of hydrogen-bond donors (Lipinski definition) is 2. The molecule has 1 saturated heterocycles. The number of rotatable bonds is 4. The molecular formula is C19H15N3O6S. The molecule has 0 unspecified atom stereocenters. The Morgan fingerprint density at radius 3 is 2.66 bits per heavy atom. The van der Waals surface area contributed by atoms with E-state index in [-0.39, 0.29) is 11.5 Å². The van der Waals surface area contributed by atoms with E-state index in [4.69, 9.17) is 5.11 Å². The van der Waals surface area contributed by atoms with Crippen molar-refractivity contribution in [2.75, 3.05) is 7.05 Å². The van der Waals surface area contributed by atoms with Gasteiger partial charge in [0.05, 0.1) is 21.1 Å². The Bertz CT molecular complexity index is 1110. The van der Waals surface area contributed by atoms with E-state index >= 15 is 0 Å². The molecule has 0 saturated carbocycles. The maximum Gasteiger partial charge on any atom is 0.335 e. The summed E-state index contributed by atoms with van der Waals surface area (Å²) in [6.07, 6.45) is 1.47. The number of nitrogens with zero attached hydrogens (tertiary/aromatic N) is 3. The first-order valence-corrected chi connectivity index (χ1v) is 9.06. The van der Waals surface area contributed by atoms with Gasteiger partial charge in [-0.25, -0.2) is 9.79 Å². The zero-order valence-corrected chi connectivity index (χ0v) is 16.1. The van der Waals surface area contributed by atoms with Gasteiger partial charge in [0, 0.05) is 13.1 Å². The highest BCUT2D eigenvalue weighted by Crippen LogP contribution is 2.35. The number of carboxylic acid groups (broad SMARTS) is 1. The number of carboxylic acids is 1. The van der Waals surface area contributed by atoms with Crippen LogP contribution in [0.1, 0.15) is 21.5 Å². The van der Waals surface area contributed by atoms with Crippen LogP contribution < -0.4 is 0 Å². The predicted molar refractivity (Wildman–Crippen MR) is 108 cm³/mol. The number of carbonyl (C=O) groups is 2. The number of benzene rings is 2. The highest BCUT2D eigenvalue weighted by Gasteiger charge is 2.30. The average molecular weight is 413 g/mol. The monoisotopic (exact) mass is 413 g/mol. The van der Waals surface area contributed by atoms with Crippen molar-refractivity contribution in [2.24, 2.45) is 4.99 Å². The molecule has 3 rings (SSSR count). The summed E-state index contributed by atoms with van der Waals surface area (Å²) in [5, 5.41) is 30.0. The number of carbonyl (C=O) groups excluding carboxylic acids is 1. The van der Waals surface area contributed by atoms with Gasteiger partial charge in [-0.2, -0.15) is 0 Å². The fourth-order valence-corrected chi connectivity index (χ4v) is 3.53. The molecule has 0 atom stereocenters. The third-order valence-corrected chi connectivity index (χ3v) is 5.23. The number of aromatic carboxylic acids is 1. The van der Waals surface area contributed by atoms with Crippen LogP contribution in [0.5, 0.6) is 5.75 Å². The summed E-state index contributed by atoms with van der Waals surface area (Å²) < 4.78 is 0. The predicted octanol–water partition coefficient (Wildman–Crippen LogP) is 3.54. The van der Waals surface area contributed by atoms with E-state index in [9.17, 15) is 24.8 Å². The van der Waals surface area contributed by atoms with Crippen LogP contribution in [0.25, 0.3) is 6.08 Å². The Kier molecular flexibility index (Phi) is 5.37. The van der Waals surface area contributed by atoms with E-state index < -0.39 is 22.3 Å². The van der Waals surface area contributed by atoms with E-state index in [1.807, 2.05) is 0 Å². The van der Waals surface area contributed by atoms with E-state index in [2.05, 4.69) is 4.99 Å². The number of likely N-dealkylation sites (N-methyl/N-ethyl adjacent to an activating group) is 1. The van der Waals surface area contributed by atoms with Gasteiger partial charge in [-0.05, 0) is 54.1 Å². The summed E-state index contributed by atoms with van der Waals surface area (Å²) >= 11 is 1.07. The standard InChI is InChI=1S/C19H15N3O6S/c1-10-3-5-12(18(25)26)9-13(10)20-19-21(2)17(24)16(29-19)8-11-4-6-15(23)14(7-11)22(27)28/h3-9,23H,1-2H3,(H,25,26)/b16-8-,20-19?. The largest absolute Gasteiger partial charge is 0.502 e. The quantitative estimate of drug-likeness (QED) is 0.445. The van der Waals surface area contributed by atoms with Gasteiger partial charge in [-0.1, -0.05) is 12.1 Å². The second-order valence-corrected chi connectivity index (χ2v) is 7.19. The minimum absolute atomic E-state index is 0.0825. The van der Waals surface area contributed by atoms with E-state index in [1.54, 1.807) is 13.0 Å². The van der Waals surface area contributed by atoms with Gasteiger partial charge in [0.1, 0.15) is 0 Å². The van der Waals surface area contributed by atoms with Gasteiger partial charge in [0.25, 0.3) is 5.91 Å². The van der Waals surface area contributed by atoms with Gasteiger partial charge in [0.15, 0.2) is 10.9 Å². The van der Waals surface area contributed by atoms with Crippen LogP contribution in [-0.4, -0.2) is 44.1 Å². The first-order valence-electron chi connectivity index (χ1n) is 8.25. The number of amides is 1. The molecule has 2 N–H and O–H groups in total. The van der Waals surface area contributed by atoms with Crippen LogP contribution in [-0.2, 0) is 4.79 Å². The maximum absolute atomic E-state index is 12.5. The Hall–Kier alpha value is -3.66. The molecule has 0 aromatic heterocycles. The smallest absolute Gasteiger partial charge is 0.335 e. The molecular weight excluding hydrogens is 398 g/mol. The molecule has 0 bridgehead atoms. The number of aromatic hydroxyl groups is 1. The fraction of sp³-hybridized carbons (Fsp3) is 0.105. The summed E-state index contributed by atoms with van der Waals surface area (Å²) in [4.78, 5) is 40.0. The lowest BCUT2D eigenvalue weighted by Crippen LogP contribution is -2.23. The molecule has 1 aliphatic rings. The van der Waals surface area contributed by atoms with Crippen LogP contribution in [0.2, 0.25) is 0 Å². The maximum atomic E-state index is 12.5. The molecule has 9 nitrogen and oxygen atoms in total. The number of hydrogen-bond acceptors (Lipinski definition) is 7. The minimum Gasteiger partial charge on any atom is -0.502 e. The van der Waals surface area contributed by atoms with Crippen LogP contribution >= 0.6 is 11.8 Å². The third-order valence-electron chi connectivity index (χ3n) is 4.17. The van der Waals surface area contributed by atoms with Gasteiger partial charge >= 0.3 is 11.7 Å². The third kappa shape index (κ3) is 4.11. The molecule has 0 radical (unpaired) electrons. The van der Waals surface area contributed by atoms with Crippen molar-refractivity contribution in [2.45, 2.75) is 6.92 Å². The molecule has 0 aliphatic carbocycles. The Morgan fingerprint density at radius 1 is 1.28 bits per heavy atom. The van der Waals surface area contributed by atoms with Crippen LogP contribution in [0, 0.1) is 17.0 Å². The van der Waals surface area contributed by atoms with Crippen LogP contribution in [0.15, 0.2) is 46.3 Å². The lowest BCUT2D eigenvalue weighted by molar-refractivity contribution is -0.385. The Morgan fingerprint density at radius 2 is 2.00 bits per heavy atom. The molecule has 29 heavy (non-hydrogen) atoms. The van der Waals surface area contributed by atoms with E-state index in [1.165, 1.54) is 48.4 Å². The molecule has 0 spiro atoms. The molecule has 148 valence electrons. The molecule has 2 aromatic carbocycles. The number of aryl methyl sites for hydroxylation is 1. The molecule has 1 fully saturated rings. The van der Waals surface area contributed by atoms with E-state index in [0.29, 0.717) is 21.3 Å². The molecule has 1 heterocycles. The second kappa shape index (κ2) is 7.76. The number of nitro benzene ring substituents is 1. The molecule has 1 aliphatic heterocycles. The van der Waals surface area contributed by atoms with Gasteiger partial charge in [-0.15, -0.1) is 0 Å². The first-order chi connectivity index (χ1) is 13.7. The zero-order chi connectivity index (χ0) is 21.3. The van der Waals surface area contributed by atoms with Gasteiger partial charge in [0.2, 0.25) is 0 Å². The summed E-state index contributed by atoms with van der Waals surface area (Å²) in [6, 6.07) is 8.35. The van der Waals surface area contributed by atoms with Crippen LogP contribution in [0.4, 0.5) is 11.4 Å². The normalized spacial score (nSPS) is 16.6. The number of thioether (sulfide) groups is 1. The summed E-state index contributed by atoms with van der Waals surface area (Å²) in [5.74, 6) is -1.89. The SMILES string of the molecule is Cc1ccc(C(=O)O)cc1N=C1S/C(=C\c2ccc(O)c([N+](=O)[O-])c2)C(=O)N1C. The highest BCUT2D eigenvalue weighted by atomic mass is 32.2. The lowest BCUT2D eigenvalue weighted by atomic mass is 10.1. The topological polar surface area (TPSA) is 133 Å². The first kappa shape index (κ1) is 20.1. The second-order valence-electron chi connectivity index (χ2n) is 6.18. The lowest BCUT2D eigenvalue weighted by Gasteiger charge is -2.08. The van der Waals surface area contributed by atoms with Crippen molar-refractivity contribution >= 4 is 46.3 Å². The highest BCUT2D eigenvalue weighted by molar-refractivity contribution is 8.18. The summed E-state index contributed by atoms with van der Waals surface area (Å²) in [5.41, 5.74) is 1.17. The number of phenolic OH excluding ortho intramolecular Hbond substituents is 1. The van der Waals surface area contributed by atoms with E-state index in [0.717, 1.165) is 17.3 Å². The molecule has 1 amide bonds. The Labute approximate surface area is 169 Å². The van der Waals surface area contributed by atoms with Crippen molar-refractivity contribution in [1.82, 2.24) is 4.90 Å².